The summed E-state index contributed by atoms with van der Waals surface area (Å²) in [6.45, 7) is 3.97. The number of pyridine rings is 1. The van der Waals surface area contributed by atoms with Crippen LogP contribution in [0.25, 0.3) is 0 Å². The Balaban J connectivity index is 1.43. The number of alkyl halides is 2. The van der Waals surface area contributed by atoms with Gasteiger partial charge in [0.2, 0.25) is 0 Å². The average Bonchev–Trinajstić information content (AvgIpc) is 3.40. The molecule has 1 N–H and O–H groups in total. The van der Waals surface area contributed by atoms with Crippen LogP contribution in [-0.2, 0) is 29.5 Å². The van der Waals surface area contributed by atoms with E-state index in [1.54, 1.807) is 19.1 Å². The van der Waals surface area contributed by atoms with Crippen LogP contribution in [0.4, 0.5) is 8.78 Å². The number of sulfone groups is 1. The highest BCUT2D eigenvalue weighted by Gasteiger charge is 2.36. The Morgan fingerprint density at radius 2 is 1.89 bits per heavy atom. The van der Waals surface area contributed by atoms with Crippen molar-refractivity contribution in [3.63, 3.8) is 0 Å². The van der Waals surface area contributed by atoms with Crippen molar-refractivity contribution in [2.24, 2.45) is 5.92 Å². The van der Waals surface area contributed by atoms with E-state index < -0.39 is 21.9 Å². The van der Waals surface area contributed by atoms with E-state index in [4.69, 9.17) is 0 Å². The van der Waals surface area contributed by atoms with Gasteiger partial charge in [-0.1, -0.05) is 32.9 Å². The molecule has 0 fully saturated rings. The van der Waals surface area contributed by atoms with Crippen LogP contribution in [0.2, 0.25) is 0 Å². The van der Waals surface area contributed by atoms with Gasteiger partial charge in [-0.05, 0) is 35.2 Å². The van der Waals surface area contributed by atoms with Crippen LogP contribution in [0, 0.1) is 5.92 Å². The number of carbonyl (C=O) groups is 1. The monoisotopic (exact) mass is 550 g/mol. The van der Waals surface area contributed by atoms with Crippen molar-refractivity contribution in [3.8, 4) is 0 Å². The average molecular weight is 551 g/mol. The van der Waals surface area contributed by atoms with E-state index in [2.05, 4.69) is 15.2 Å². The number of nitrogens with zero attached hydrogens (tertiary/aromatic N) is 3. The van der Waals surface area contributed by atoms with Gasteiger partial charge in [0.05, 0.1) is 22.4 Å². The molecular formula is C25H28F2N4O4S2. The number of amides is 1. The second kappa shape index (κ2) is 10.8. The molecule has 1 aliphatic rings. The molecule has 0 spiro atoms. The Morgan fingerprint density at radius 3 is 2.49 bits per heavy atom. The molecular weight excluding hydrogens is 522 g/mol. The first-order chi connectivity index (χ1) is 17.5. The lowest BCUT2D eigenvalue weighted by Gasteiger charge is -2.27. The Hall–Kier alpha value is -2.96. The number of benzene rings is 1. The maximum absolute atomic E-state index is 12.9. The molecule has 0 radical (unpaired) electrons. The van der Waals surface area contributed by atoms with E-state index in [0.29, 0.717) is 28.2 Å². The zero-order valence-electron chi connectivity index (χ0n) is 20.6. The summed E-state index contributed by atoms with van der Waals surface area (Å²) in [4.78, 5) is 32.7. The van der Waals surface area contributed by atoms with Crippen molar-refractivity contribution < 1.29 is 22.0 Å². The van der Waals surface area contributed by atoms with Crippen molar-refractivity contribution in [1.29, 1.82) is 0 Å². The van der Waals surface area contributed by atoms with E-state index in [1.807, 2.05) is 13.8 Å². The maximum Gasteiger partial charge on any atom is 0.321 e. The van der Waals surface area contributed by atoms with E-state index in [-0.39, 0.29) is 35.1 Å². The summed E-state index contributed by atoms with van der Waals surface area (Å²) in [7, 11) is -3.28. The fraction of sp³-hybridized carbons (Fsp3) is 0.400. The van der Waals surface area contributed by atoms with Crippen LogP contribution < -0.4 is 10.9 Å². The Kier molecular flexibility index (Phi) is 7.91. The van der Waals surface area contributed by atoms with Crippen LogP contribution in [-0.4, -0.2) is 34.5 Å². The van der Waals surface area contributed by atoms with Gasteiger partial charge in [-0.2, -0.15) is 8.78 Å². The number of halogens is 2. The van der Waals surface area contributed by atoms with Crippen molar-refractivity contribution in [2.45, 2.75) is 57.9 Å². The number of rotatable bonds is 9. The van der Waals surface area contributed by atoms with Crippen LogP contribution in [0.15, 0.2) is 52.3 Å². The smallest absolute Gasteiger partial charge is 0.321 e. The molecule has 0 saturated carbocycles. The molecule has 12 heteroatoms. The van der Waals surface area contributed by atoms with Gasteiger partial charge in [0.15, 0.2) is 14.8 Å². The van der Waals surface area contributed by atoms with Gasteiger partial charge in [0.25, 0.3) is 11.5 Å². The summed E-state index contributed by atoms with van der Waals surface area (Å²) >= 11 is 1.31. The van der Waals surface area contributed by atoms with Gasteiger partial charge >= 0.3 is 6.55 Å². The minimum Gasteiger partial charge on any atom is -0.346 e. The first-order valence-electron chi connectivity index (χ1n) is 11.8. The predicted octanol–water partition coefficient (Wildman–Crippen LogP) is 4.14. The Labute approximate surface area is 217 Å². The Bertz CT molecular complexity index is 1450. The molecule has 1 atom stereocenters. The van der Waals surface area contributed by atoms with E-state index in [9.17, 15) is 26.8 Å². The normalized spacial score (nSPS) is 15.9. The molecule has 3 heterocycles. The van der Waals surface area contributed by atoms with Crippen LogP contribution in [0.3, 0.4) is 0 Å². The minimum atomic E-state index is -3.28. The summed E-state index contributed by atoms with van der Waals surface area (Å²) < 4.78 is 50.1. The van der Waals surface area contributed by atoms with Crippen molar-refractivity contribution in [3.05, 3.63) is 79.7 Å². The van der Waals surface area contributed by atoms with Gasteiger partial charge in [-0.25, -0.2) is 13.4 Å². The molecule has 0 bridgehead atoms. The third kappa shape index (κ3) is 5.81. The fourth-order valence-electron chi connectivity index (χ4n) is 4.42. The van der Waals surface area contributed by atoms with E-state index >= 15 is 0 Å². The predicted molar refractivity (Wildman–Crippen MR) is 136 cm³/mol. The minimum absolute atomic E-state index is 0.0241. The highest BCUT2D eigenvalue weighted by molar-refractivity contribution is 7.91. The number of hydrogen-bond donors (Lipinski definition) is 1. The van der Waals surface area contributed by atoms with Gasteiger partial charge in [0, 0.05) is 36.8 Å². The second-order valence-corrected chi connectivity index (χ2v) is 12.6. The van der Waals surface area contributed by atoms with Gasteiger partial charge in [-0.15, -0.1) is 11.3 Å². The SMILES string of the molecule is CCS(=O)(=O)c1ccc(CNC(=O)c2nc3c(s2)CN(Cc2ccn(C(F)F)c(=O)c2)[C@H]3C(C)C)cc1. The highest BCUT2D eigenvalue weighted by atomic mass is 32.2. The van der Waals surface area contributed by atoms with Gasteiger partial charge in [-0.3, -0.25) is 19.1 Å². The van der Waals surface area contributed by atoms with Crippen molar-refractivity contribution >= 4 is 27.1 Å². The number of fused-ring (bicyclic) bond motifs is 1. The first-order valence-corrected chi connectivity index (χ1v) is 14.3. The fourth-order valence-corrected chi connectivity index (χ4v) is 6.34. The molecule has 0 unspecified atom stereocenters. The molecule has 3 aromatic rings. The summed E-state index contributed by atoms with van der Waals surface area (Å²) in [5.74, 6) is -0.121. The highest BCUT2D eigenvalue weighted by Crippen LogP contribution is 2.41. The zero-order valence-corrected chi connectivity index (χ0v) is 22.3. The summed E-state index contributed by atoms with van der Waals surface area (Å²) in [6, 6.07) is 9.10. The quantitative estimate of drug-likeness (QED) is 0.430. The first kappa shape index (κ1) is 27.1. The van der Waals surface area contributed by atoms with Crippen molar-refractivity contribution in [1.82, 2.24) is 19.8 Å². The van der Waals surface area contributed by atoms with E-state index in [0.717, 1.165) is 22.3 Å². The van der Waals surface area contributed by atoms with Gasteiger partial charge in [0.1, 0.15) is 0 Å². The molecule has 0 aliphatic carbocycles. The number of aromatic nitrogens is 2. The molecule has 37 heavy (non-hydrogen) atoms. The van der Waals surface area contributed by atoms with Crippen LogP contribution in [0.5, 0.6) is 0 Å². The van der Waals surface area contributed by atoms with E-state index in [1.165, 1.54) is 35.6 Å². The molecule has 2 aromatic heterocycles. The molecule has 8 nitrogen and oxygen atoms in total. The second-order valence-electron chi connectivity index (χ2n) is 9.21. The van der Waals surface area contributed by atoms with Crippen LogP contribution >= 0.6 is 11.3 Å². The molecule has 1 aliphatic heterocycles. The van der Waals surface area contributed by atoms with Crippen LogP contribution in [0.1, 0.15) is 64.9 Å². The molecule has 1 aromatic carbocycles. The zero-order chi connectivity index (χ0) is 26.9. The van der Waals surface area contributed by atoms with Crippen molar-refractivity contribution in [2.75, 3.05) is 5.75 Å². The molecule has 1 amide bonds. The summed E-state index contributed by atoms with van der Waals surface area (Å²) in [5.41, 5.74) is 1.48. The summed E-state index contributed by atoms with van der Waals surface area (Å²) in [6.07, 6.45) is 1.11. The Morgan fingerprint density at radius 1 is 1.19 bits per heavy atom. The lowest BCUT2D eigenvalue weighted by molar-refractivity contribution is 0.0661. The lowest BCUT2D eigenvalue weighted by atomic mass is 10.0. The molecule has 0 saturated heterocycles. The number of carbonyl (C=O) groups excluding carboxylic acids is 1. The van der Waals surface area contributed by atoms with Gasteiger partial charge < -0.3 is 5.32 Å². The third-order valence-corrected chi connectivity index (χ3v) is 9.10. The number of thiazole rings is 1. The molecule has 4 rings (SSSR count). The standard InChI is InChI=1S/C25H28F2N4O4S2/c1-4-37(34,35)18-7-5-16(6-8-18)12-28-23(33)24-29-21-19(36-24)14-30(22(21)15(2)3)13-17-9-10-31(25(26)27)20(32)11-17/h5-11,15,22,25H,4,12-14H2,1-3H3,(H,28,33)/t22-/m0/s1. The lowest BCUT2D eigenvalue weighted by Crippen LogP contribution is -2.28. The topological polar surface area (TPSA) is 101 Å². The summed E-state index contributed by atoms with van der Waals surface area (Å²) in [5, 5.41) is 3.19. The third-order valence-electron chi connectivity index (χ3n) is 6.30. The number of nitrogens with one attached hydrogen (secondary N) is 1. The maximum atomic E-state index is 12.9. The largest absolute Gasteiger partial charge is 0.346 e. The molecule has 198 valence electrons. The number of hydrogen-bond acceptors (Lipinski definition) is 7.